The molecule has 16 heavy (non-hydrogen) atoms. The lowest BCUT2D eigenvalue weighted by atomic mass is 10.1. The van der Waals surface area contributed by atoms with Gasteiger partial charge in [0.15, 0.2) is 0 Å². The van der Waals surface area contributed by atoms with E-state index >= 15 is 0 Å². The predicted octanol–water partition coefficient (Wildman–Crippen LogP) is 0.458. The molecule has 0 fully saturated rings. The molecule has 0 bridgehead atoms. The average molecular weight is 223 g/mol. The van der Waals surface area contributed by atoms with Crippen LogP contribution in [0.15, 0.2) is 6.07 Å². The molecule has 5 heteroatoms. The van der Waals surface area contributed by atoms with Crippen molar-refractivity contribution >= 4 is 5.91 Å². The molecule has 1 amide bonds. The summed E-state index contributed by atoms with van der Waals surface area (Å²) in [5.74, 6) is -0.212. The minimum Gasteiger partial charge on any atom is -0.392 e. The van der Waals surface area contributed by atoms with Crippen molar-refractivity contribution < 1.29 is 9.90 Å². The van der Waals surface area contributed by atoms with Gasteiger partial charge in [0.1, 0.15) is 0 Å². The molecule has 1 aromatic rings. The first-order chi connectivity index (χ1) is 7.54. The first-order valence-electron chi connectivity index (χ1n) is 5.34. The van der Waals surface area contributed by atoms with E-state index in [4.69, 9.17) is 5.11 Å². The van der Waals surface area contributed by atoms with Crippen LogP contribution in [0.3, 0.4) is 0 Å². The van der Waals surface area contributed by atoms with Gasteiger partial charge in [0.25, 0.3) is 5.91 Å². The zero-order valence-electron chi connectivity index (χ0n) is 9.82. The van der Waals surface area contributed by atoms with E-state index in [1.165, 1.54) is 0 Å². The largest absolute Gasteiger partial charge is 0.392 e. The van der Waals surface area contributed by atoms with Crippen molar-refractivity contribution in [2.24, 2.45) is 0 Å². The van der Waals surface area contributed by atoms with Gasteiger partial charge in [0.2, 0.25) is 0 Å². The third kappa shape index (κ3) is 3.27. The molecule has 0 saturated heterocycles. The fraction of sp³-hybridized carbons (Fsp3) is 0.545. The van der Waals surface area contributed by atoms with Crippen LogP contribution in [-0.4, -0.2) is 33.9 Å². The number of hydrogen-bond donors (Lipinski definition) is 2. The zero-order valence-corrected chi connectivity index (χ0v) is 9.82. The molecular formula is C11H17N3O2. The van der Waals surface area contributed by atoms with Crippen LogP contribution in [0.5, 0.6) is 0 Å². The molecule has 5 nitrogen and oxygen atoms in total. The van der Waals surface area contributed by atoms with Crippen molar-refractivity contribution in [1.82, 2.24) is 15.5 Å². The molecule has 1 heterocycles. The number of rotatable bonds is 4. The fourth-order valence-corrected chi connectivity index (χ4v) is 1.31. The van der Waals surface area contributed by atoms with Crippen molar-refractivity contribution in [1.29, 1.82) is 0 Å². The molecule has 0 spiro atoms. The summed E-state index contributed by atoms with van der Waals surface area (Å²) in [4.78, 5) is 11.8. The van der Waals surface area contributed by atoms with Gasteiger partial charge in [0, 0.05) is 6.54 Å². The van der Waals surface area contributed by atoms with Crippen molar-refractivity contribution in [3.8, 4) is 0 Å². The molecule has 1 aromatic heterocycles. The number of aryl methyl sites for hydroxylation is 2. The summed E-state index contributed by atoms with van der Waals surface area (Å²) in [6.45, 7) is 5.57. The van der Waals surface area contributed by atoms with Crippen LogP contribution in [0.2, 0.25) is 0 Å². The summed E-state index contributed by atoms with van der Waals surface area (Å²) in [7, 11) is 0. The highest BCUT2D eigenvalue weighted by atomic mass is 16.3. The third-order valence-corrected chi connectivity index (χ3v) is 2.13. The lowest BCUT2D eigenvalue weighted by Gasteiger charge is -2.09. The highest BCUT2D eigenvalue weighted by molar-refractivity contribution is 5.95. The van der Waals surface area contributed by atoms with Gasteiger partial charge in [-0.3, -0.25) is 4.79 Å². The Balaban J connectivity index is 2.84. The quantitative estimate of drug-likeness (QED) is 0.777. The van der Waals surface area contributed by atoms with E-state index in [2.05, 4.69) is 15.5 Å². The lowest BCUT2D eigenvalue weighted by molar-refractivity contribution is 0.0922. The standard InChI is InChI=1S/C11H17N3O2/c1-4-10-9(5-7(2)13-14-10)11(16)12-6-8(3)15/h5,8,15H,4,6H2,1-3H3,(H,12,16). The van der Waals surface area contributed by atoms with Crippen molar-refractivity contribution in [3.63, 3.8) is 0 Å². The predicted molar refractivity (Wildman–Crippen MR) is 60.2 cm³/mol. The number of hydrogen-bond acceptors (Lipinski definition) is 4. The van der Waals surface area contributed by atoms with E-state index in [0.29, 0.717) is 23.4 Å². The second kappa shape index (κ2) is 5.55. The van der Waals surface area contributed by atoms with Gasteiger partial charge in [-0.05, 0) is 26.3 Å². The SMILES string of the molecule is CCc1nnc(C)cc1C(=O)NCC(C)O. The van der Waals surface area contributed by atoms with Crippen LogP contribution < -0.4 is 5.32 Å². The van der Waals surface area contributed by atoms with Gasteiger partial charge in [-0.1, -0.05) is 6.92 Å². The van der Waals surface area contributed by atoms with Crippen LogP contribution in [0.25, 0.3) is 0 Å². The summed E-state index contributed by atoms with van der Waals surface area (Å²) in [6.07, 6.45) is 0.106. The Hall–Kier alpha value is -1.49. The first-order valence-corrected chi connectivity index (χ1v) is 5.34. The Morgan fingerprint density at radius 1 is 1.56 bits per heavy atom. The normalized spacial score (nSPS) is 12.2. The smallest absolute Gasteiger partial charge is 0.253 e. The zero-order chi connectivity index (χ0) is 12.1. The molecule has 88 valence electrons. The van der Waals surface area contributed by atoms with Crippen LogP contribution in [0.4, 0.5) is 0 Å². The van der Waals surface area contributed by atoms with Gasteiger partial charge >= 0.3 is 0 Å². The second-order valence-corrected chi connectivity index (χ2v) is 3.76. The van der Waals surface area contributed by atoms with Crippen molar-refractivity contribution in [2.75, 3.05) is 6.54 Å². The monoisotopic (exact) mass is 223 g/mol. The van der Waals surface area contributed by atoms with Gasteiger partial charge in [-0.25, -0.2) is 0 Å². The maximum atomic E-state index is 11.8. The summed E-state index contributed by atoms with van der Waals surface area (Å²) < 4.78 is 0. The topological polar surface area (TPSA) is 75.1 Å². The number of nitrogens with one attached hydrogen (secondary N) is 1. The number of carbonyl (C=O) groups excluding carboxylic acids is 1. The van der Waals surface area contributed by atoms with Crippen LogP contribution >= 0.6 is 0 Å². The maximum absolute atomic E-state index is 11.8. The molecule has 0 aromatic carbocycles. The number of aliphatic hydroxyl groups is 1. The van der Waals surface area contributed by atoms with Crippen molar-refractivity contribution in [3.05, 3.63) is 23.0 Å². The summed E-state index contributed by atoms with van der Waals surface area (Å²) in [5.41, 5.74) is 1.92. The minimum absolute atomic E-state index is 0.212. The third-order valence-electron chi connectivity index (χ3n) is 2.13. The van der Waals surface area contributed by atoms with E-state index in [9.17, 15) is 4.79 Å². The maximum Gasteiger partial charge on any atom is 0.253 e. The highest BCUT2D eigenvalue weighted by Crippen LogP contribution is 2.07. The molecule has 1 rings (SSSR count). The van der Waals surface area contributed by atoms with E-state index in [0.717, 1.165) is 0 Å². The van der Waals surface area contributed by atoms with E-state index in [-0.39, 0.29) is 12.5 Å². The summed E-state index contributed by atoms with van der Waals surface area (Å²) in [6, 6.07) is 1.71. The first kappa shape index (κ1) is 12.6. The Bertz CT molecular complexity index is 377. The molecule has 1 atom stereocenters. The molecule has 0 aliphatic heterocycles. The van der Waals surface area contributed by atoms with Gasteiger partial charge in [0.05, 0.1) is 23.1 Å². The fourth-order valence-electron chi connectivity index (χ4n) is 1.31. The Kier molecular flexibility index (Phi) is 4.37. The number of carbonyl (C=O) groups is 1. The van der Waals surface area contributed by atoms with Gasteiger partial charge < -0.3 is 10.4 Å². The molecule has 2 N–H and O–H groups in total. The summed E-state index contributed by atoms with van der Waals surface area (Å²) in [5, 5.41) is 19.6. The molecule has 1 unspecified atom stereocenters. The van der Waals surface area contributed by atoms with Crippen LogP contribution in [-0.2, 0) is 6.42 Å². The summed E-state index contributed by atoms with van der Waals surface area (Å²) >= 11 is 0. The van der Waals surface area contributed by atoms with Crippen LogP contribution in [0.1, 0.15) is 35.6 Å². The lowest BCUT2D eigenvalue weighted by Crippen LogP contribution is -2.31. The Morgan fingerprint density at radius 3 is 2.81 bits per heavy atom. The number of aromatic nitrogens is 2. The molecule has 0 saturated carbocycles. The van der Waals surface area contributed by atoms with Gasteiger partial charge in [-0.2, -0.15) is 10.2 Å². The minimum atomic E-state index is -0.551. The number of nitrogens with zero attached hydrogens (tertiary/aromatic N) is 2. The van der Waals surface area contributed by atoms with Crippen molar-refractivity contribution in [2.45, 2.75) is 33.3 Å². The molecule has 0 radical (unpaired) electrons. The van der Waals surface area contributed by atoms with E-state index < -0.39 is 6.10 Å². The Labute approximate surface area is 94.9 Å². The van der Waals surface area contributed by atoms with E-state index in [1.807, 2.05) is 6.92 Å². The van der Waals surface area contributed by atoms with E-state index in [1.54, 1.807) is 19.9 Å². The average Bonchev–Trinajstić information content (AvgIpc) is 2.25. The second-order valence-electron chi connectivity index (χ2n) is 3.76. The number of amides is 1. The van der Waals surface area contributed by atoms with Crippen LogP contribution in [0, 0.1) is 6.92 Å². The number of aliphatic hydroxyl groups excluding tert-OH is 1. The highest BCUT2D eigenvalue weighted by Gasteiger charge is 2.12. The molecular weight excluding hydrogens is 206 g/mol. The van der Waals surface area contributed by atoms with Gasteiger partial charge in [-0.15, -0.1) is 0 Å². The Morgan fingerprint density at radius 2 is 2.25 bits per heavy atom. The molecule has 0 aliphatic carbocycles. The molecule has 0 aliphatic rings.